The smallest absolute Gasteiger partial charge is 0.408 e. The Bertz CT molecular complexity index is 905. The lowest BCUT2D eigenvalue weighted by Crippen LogP contribution is -2.54. The molecule has 0 radical (unpaired) electrons. The first-order chi connectivity index (χ1) is 16.0. The molecule has 9 nitrogen and oxygen atoms in total. The van der Waals surface area contributed by atoms with E-state index in [1.165, 1.54) is 12.0 Å². The van der Waals surface area contributed by atoms with Crippen LogP contribution < -0.4 is 10.6 Å². The number of nitrogens with one attached hydrogen (secondary N) is 2. The van der Waals surface area contributed by atoms with Crippen molar-refractivity contribution in [2.24, 2.45) is 0 Å². The zero-order chi connectivity index (χ0) is 25.9. The highest BCUT2D eigenvalue weighted by atomic mass is 32.1. The van der Waals surface area contributed by atoms with Crippen molar-refractivity contribution in [2.45, 2.75) is 51.8 Å². The summed E-state index contributed by atoms with van der Waals surface area (Å²) >= 11 is 4.22. The maximum atomic E-state index is 13.5. The quantitative estimate of drug-likeness (QED) is 0.262. The van der Waals surface area contributed by atoms with Crippen molar-refractivity contribution in [1.82, 2.24) is 15.5 Å². The minimum Gasteiger partial charge on any atom is -0.468 e. The third-order valence-electron chi connectivity index (χ3n) is 4.51. The molecule has 0 saturated carbocycles. The van der Waals surface area contributed by atoms with E-state index in [2.05, 4.69) is 33.9 Å². The minimum atomic E-state index is -1.09. The fourth-order valence-corrected chi connectivity index (χ4v) is 3.25. The number of benzene rings is 1. The van der Waals surface area contributed by atoms with E-state index < -0.39 is 41.6 Å². The van der Waals surface area contributed by atoms with Crippen molar-refractivity contribution in [3.05, 3.63) is 35.4 Å². The molecule has 0 aliphatic rings. The zero-order valence-corrected chi connectivity index (χ0v) is 21.1. The second kappa shape index (κ2) is 13.5. The van der Waals surface area contributed by atoms with Crippen molar-refractivity contribution in [2.75, 3.05) is 26.0 Å². The Kier molecular flexibility index (Phi) is 11.5. The lowest BCUT2D eigenvalue weighted by atomic mass is 10.0. The predicted octanol–water partition coefficient (Wildman–Crippen LogP) is 2.06. The highest BCUT2D eigenvalue weighted by molar-refractivity contribution is 7.80. The van der Waals surface area contributed by atoms with E-state index in [0.29, 0.717) is 17.5 Å². The summed E-state index contributed by atoms with van der Waals surface area (Å²) in [6.07, 6.45) is 5.18. The molecule has 1 aromatic carbocycles. The van der Waals surface area contributed by atoms with Crippen LogP contribution in [0.25, 0.3) is 0 Å². The standard InChI is InChI=1S/C24H33N3O6S/c1-7-13-27(22(30)18(15-34)26-23(31)33-24(3,4)5)20(21(29)25-14-19(28)32-6)17-11-9-16(8-2)10-12-17/h2,9-12,18,20,34H,7,13-15H2,1,3-6H3,(H,25,29)(H,26,31). The predicted molar refractivity (Wildman–Crippen MR) is 131 cm³/mol. The van der Waals surface area contributed by atoms with Crippen LogP contribution in [0.4, 0.5) is 4.79 Å². The van der Waals surface area contributed by atoms with Crippen molar-refractivity contribution in [3.63, 3.8) is 0 Å². The highest BCUT2D eigenvalue weighted by Gasteiger charge is 2.35. The average Bonchev–Trinajstić information content (AvgIpc) is 2.79. The highest BCUT2D eigenvalue weighted by Crippen LogP contribution is 2.24. The Labute approximate surface area is 206 Å². The number of rotatable bonds is 10. The van der Waals surface area contributed by atoms with Crippen LogP contribution in [0.15, 0.2) is 24.3 Å². The van der Waals surface area contributed by atoms with Gasteiger partial charge < -0.3 is 25.0 Å². The molecule has 2 unspecified atom stereocenters. The van der Waals surface area contributed by atoms with E-state index in [0.717, 1.165) is 0 Å². The van der Waals surface area contributed by atoms with Crippen molar-refractivity contribution in [3.8, 4) is 12.3 Å². The number of hydrogen-bond donors (Lipinski definition) is 3. The third-order valence-corrected chi connectivity index (χ3v) is 4.87. The van der Waals surface area contributed by atoms with E-state index in [4.69, 9.17) is 11.2 Å². The molecule has 0 spiro atoms. The largest absolute Gasteiger partial charge is 0.468 e. The summed E-state index contributed by atoms with van der Waals surface area (Å²) in [7, 11) is 1.21. The van der Waals surface area contributed by atoms with E-state index in [9.17, 15) is 19.2 Å². The van der Waals surface area contributed by atoms with Gasteiger partial charge in [0.25, 0.3) is 0 Å². The maximum absolute atomic E-state index is 13.5. The molecule has 186 valence electrons. The molecule has 10 heteroatoms. The summed E-state index contributed by atoms with van der Waals surface area (Å²) in [6, 6.07) is 4.45. The fourth-order valence-electron chi connectivity index (χ4n) is 3.01. The zero-order valence-electron chi connectivity index (χ0n) is 20.2. The number of thiol groups is 1. The first-order valence-electron chi connectivity index (χ1n) is 10.8. The molecule has 2 N–H and O–H groups in total. The normalized spacial score (nSPS) is 12.5. The van der Waals surface area contributed by atoms with E-state index in [1.807, 2.05) is 6.92 Å². The molecule has 0 heterocycles. The number of carbonyl (C=O) groups excluding carboxylic acids is 4. The molecule has 3 amide bonds. The molecular formula is C24H33N3O6S. The van der Waals surface area contributed by atoms with E-state index in [-0.39, 0.29) is 18.8 Å². The van der Waals surface area contributed by atoms with Gasteiger partial charge in [0.1, 0.15) is 24.2 Å². The van der Waals surface area contributed by atoms with Crippen LogP contribution >= 0.6 is 12.6 Å². The topological polar surface area (TPSA) is 114 Å². The SMILES string of the molecule is C#Cc1ccc(C(C(=O)NCC(=O)OC)N(CCC)C(=O)C(CS)NC(=O)OC(C)(C)C)cc1. The Morgan fingerprint density at radius 1 is 1.18 bits per heavy atom. The molecule has 2 atom stereocenters. The van der Waals surface area contributed by atoms with Gasteiger partial charge in [0.15, 0.2) is 0 Å². The number of methoxy groups -OCH3 is 1. The molecule has 34 heavy (non-hydrogen) atoms. The molecule has 0 bridgehead atoms. The van der Waals surface area contributed by atoms with Gasteiger partial charge in [-0.05, 0) is 44.9 Å². The maximum Gasteiger partial charge on any atom is 0.408 e. The van der Waals surface area contributed by atoms with Crippen molar-refractivity contribution < 1.29 is 28.7 Å². The molecular weight excluding hydrogens is 458 g/mol. The number of esters is 1. The number of alkyl carbamates (subject to hydrolysis) is 1. The monoisotopic (exact) mass is 491 g/mol. The molecule has 0 saturated heterocycles. The second-order valence-electron chi connectivity index (χ2n) is 8.38. The van der Waals surface area contributed by atoms with Gasteiger partial charge in [0, 0.05) is 17.9 Å². The van der Waals surface area contributed by atoms with Gasteiger partial charge >= 0.3 is 12.1 Å². The van der Waals surface area contributed by atoms with Gasteiger partial charge in [-0.3, -0.25) is 14.4 Å². The Morgan fingerprint density at radius 3 is 2.26 bits per heavy atom. The number of amides is 3. The molecule has 0 aliphatic carbocycles. The first kappa shape index (κ1) is 28.8. The summed E-state index contributed by atoms with van der Waals surface area (Å²) in [4.78, 5) is 51.9. The Hall–Kier alpha value is -3.19. The number of hydrogen-bond acceptors (Lipinski definition) is 7. The van der Waals surface area contributed by atoms with Crippen LogP contribution in [0.5, 0.6) is 0 Å². The summed E-state index contributed by atoms with van der Waals surface area (Å²) in [6.45, 7) is 6.79. The third kappa shape index (κ3) is 8.98. The summed E-state index contributed by atoms with van der Waals surface area (Å²) < 4.78 is 9.83. The van der Waals surface area contributed by atoms with Crippen LogP contribution in [0, 0.1) is 12.3 Å². The average molecular weight is 492 g/mol. The van der Waals surface area contributed by atoms with E-state index in [1.54, 1.807) is 45.0 Å². The number of carbonyl (C=O) groups is 4. The molecule has 0 aliphatic heterocycles. The van der Waals surface area contributed by atoms with Gasteiger partial charge in [-0.15, -0.1) is 6.42 Å². The lowest BCUT2D eigenvalue weighted by molar-refractivity contribution is -0.144. The van der Waals surface area contributed by atoms with Gasteiger partial charge in [0.2, 0.25) is 11.8 Å². The van der Waals surface area contributed by atoms with Gasteiger partial charge in [-0.2, -0.15) is 12.6 Å². The molecule has 0 aromatic heterocycles. The Morgan fingerprint density at radius 2 is 1.79 bits per heavy atom. The summed E-state index contributed by atoms with van der Waals surface area (Å²) in [5.41, 5.74) is 0.330. The van der Waals surface area contributed by atoms with Crippen molar-refractivity contribution >= 4 is 36.5 Å². The molecule has 1 rings (SSSR count). The van der Waals surface area contributed by atoms with Gasteiger partial charge in [0.05, 0.1) is 7.11 Å². The van der Waals surface area contributed by atoms with Crippen LogP contribution in [0.3, 0.4) is 0 Å². The van der Waals surface area contributed by atoms with E-state index >= 15 is 0 Å². The first-order valence-corrected chi connectivity index (χ1v) is 11.4. The number of nitrogens with zero attached hydrogens (tertiary/aromatic N) is 1. The summed E-state index contributed by atoms with van der Waals surface area (Å²) in [5, 5.41) is 5.03. The fraction of sp³-hybridized carbons (Fsp3) is 0.500. The van der Waals surface area contributed by atoms with Crippen LogP contribution in [0.2, 0.25) is 0 Å². The lowest BCUT2D eigenvalue weighted by Gasteiger charge is -2.34. The summed E-state index contributed by atoms with van der Waals surface area (Å²) in [5.74, 6) is 0.729. The molecule has 0 fully saturated rings. The number of terminal acetylenes is 1. The van der Waals surface area contributed by atoms with Crippen molar-refractivity contribution in [1.29, 1.82) is 0 Å². The molecule has 1 aromatic rings. The van der Waals surface area contributed by atoms with Crippen LogP contribution in [0.1, 0.15) is 51.3 Å². The van der Waals surface area contributed by atoms with Crippen LogP contribution in [-0.2, 0) is 23.9 Å². The Balaban J connectivity index is 3.33. The van der Waals surface area contributed by atoms with Crippen LogP contribution in [-0.4, -0.2) is 66.4 Å². The second-order valence-corrected chi connectivity index (χ2v) is 8.74. The van der Waals surface area contributed by atoms with Gasteiger partial charge in [-0.25, -0.2) is 4.79 Å². The minimum absolute atomic E-state index is 0.0230. The number of ether oxygens (including phenoxy) is 2. The van der Waals surface area contributed by atoms with Gasteiger partial charge in [-0.1, -0.05) is 25.0 Å².